The number of hydrogen-bond acceptors (Lipinski definition) is 3. The first kappa shape index (κ1) is 11.5. The fourth-order valence-electron chi connectivity index (χ4n) is 0.909. The number of urea groups is 1. The monoisotopic (exact) mass is 228 g/mol. The van der Waals surface area contributed by atoms with Gasteiger partial charge in [-0.1, -0.05) is 0 Å². The Morgan fingerprint density at radius 1 is 1.47 bits per heavy atom. The average Bonchev–Trinajstić information content (AvgIpc) is 2.62. The molecule has 0 aliphatic heterocycles. The van der Waals surface area contributed by atoms with Crippen LogP contribution in [0.2, 0.25) is 0 Å². The van der Waals surface area contributed by atoms with E-state index in [0.29, 0.717) is 6.54 Å². The van der Waals surface area contributed by atoms with E-state index in [0.717, 1.165) is 16.2 Å². The molecule has 0 atom stereocenters. The molecule has 2 N–H and O–H groups in total. The Bertz CT molecular complexity index is 373. The van der Waals surface area contributed by atoms with Crippen LogP contribution in [-0.2, 0) is 6.54 Å². The highest BCUT2D eigenvalue weighted by atomic mass is 32.1. The molecule has 1 aromatic heterocycles. The zero-order valence-electron chi connectivity index (χ0n) is 8.48. The Balaban J connectivity index is 2.51. The van der Waals surface area contributed by atoms with Gasteiger partial charge in [-0.3, -0.25) is 0 Å². The lowest BCUT2D eigenvalue weighted by Gasteiger charge is -2.10. The Hall–Kier alpha value is -1.56. The van der Waals surface area contributed by atoms with Gasteiger partial charge in [0.1, 0.15) is 4.88 Å². The number of carbonyl (C=O) groups is 2. The number of nitrogens with one attached hydrogen (secondary N) is 1. The lowest BCUT2D eigenvalue weighted by molar-refractivity contribution is 0.0702. The van der Waals surface area contributed by atoms with Gasteiger partial charge in [0, 0.05) is 19.0 Å². The first-order chi connectivity index (χ1) is 7.00. The maximum Gasteiger partial charge on any atom is 0.345 e. The zero-order valence-corrected chi connectivity index (χ0v) is 9.30. The Labute approximate surface area is 91.3 Å². The molecule has 5 nitrogen and oxygen atoms in total. The molecule has 0 aliphatic rings. The minimum atomic E-state index is -0.940. The fourth-order valence-corrected chi connectivity index (χ4v) is 1.69. The molecule has 1 rings (SSSR count). The summed E-state index contributed by atoms with van der Waals surface area (Å²) in [7, 11) is 3.29. The van der Waals surface area contributed by atoms with Gasteiger partial charge in [-0.25, -0.2) is 9.59 Å². The molecule has 0 bridgehead atoms. The first-order valence-electron chi connectivity index (χ1n) is 4.28. The molecule has 2 amide bonds. The van der Waals surface area contributed by atoms with Gasteiger partial charge in [-0.2, -0.15) is 0 Å². The van der Waals surface area contributed by atoms with Gasteiger partial charge in [-0.05, 0) is 12.1 Å². The van der Waals surface area contributed by atoms with Crippen LogP contribution in [0.4, 0.5) is 4.79 Å². The molecule has 0 radical (unpaired) electrons. The molecular weight excluding hydrogens is 216 g/mol. The second kappa shape index (κ2) is 4.79. The summed E-state index contributed by atoms with van der Waals surface area (Å²) in [6.45, 7) is 0.356. The van der Waals surface area contributed by atoms with Crippen LogP contribution in [0.25, 0.3) is 0 Å². The maximum absolute atomic E-state index is 11.2. The van der Waals surface area contributed by atoms with E-state index in [-0.39, 0.29) is 10.9 Å². The summed E-state index contributed by atoms with van der Waals surface area (Å²) in [5, 5.41) is 11.3. The molecule has 15 heavy (non-hydrogen) atoms. The SMILES string of the molecule is CN(C)C(=O)NCc1ccc(C(=O)O)s1. The van der Waals surface area contributed by atoms with Crippen molar-refractivity contribution >= 4 is 23.3 Å². The van der Waals surface area contributed by atoms with Gasteiger partial charge in [0.2, 0.25) is 0 Å². The Morgan fingerprint density at radius 2 is 2.13 bits per heavy atom. The molecule has 0 spiro atoms. The third kappa shape index (κ3) is 3.25. The molecular formula is C9H12N2O3S. The standard InChI is InChI=1S/C9H12N2O3S/c1-11(2)9(14)10-5-6-3-4-7(15-6)8(12)13/h3-4H,5H2,1-2H3,(H,10,14)(H,12,13). The summed E-state index contributed by atoms with van der Waals surface area (Å²) in [6, 6.07) is 3.04. The lowest BCUT2D eigenvalue weighted by Crippen LogP contribution is -2.33. The van der Waals surface area contributed by atoms with Crippen molar-refractivity contribution < 1.29 is 14.7 Å². The molecule has 0 saturated carbocycles. The minimum Gasteiger partial charge on any atom is -0.477 e. The molecule has 6 heteroatoms. The van der Waals surface area contributed by atoms with Crippen molar-refractivity contribution in [2.75, 3.05) is 14.1 Å². The number of carboxylic acids is 1. The van der Waals surface area contributed by atoms with Gasteiger partial charge in [0.05, 0.1) is 6.54 Å². The number of carbonyl (C=O) groups excluding carboxylic acids is 1. The van der Waals surface area contributed by atoms with Gasteiger partial charge in [0.25, 0.3) is 0 Å². The van der Waals surface area contributed by atoms with E-state index in [9.17, 15) is 9.59 Å². The summed E-state index contributed by atoms with van der Waals surface area (Å²) in [4.78, 5) is 24.3. The first-order valence-corrected chi connectivity index (χ1v) is 5.09. The number of hydrogen-bond donors (Lipinski definition) is 2. The summed E-state index contributed by atoms with van der Waals surface area (Å²) in [5.41, 5.74) is 0. The van der Waals surface area contributed by atoms with E-state index in [1.54, 1.807) is 20.2 Å². The number of thiophene rings is 1. The summed E-state index contributed by atoms with van der Waals surface area (Å²) >= 11 is 1.16. The second-order valence-corrected chi connectivity index (χ2v) is 4.29. The predicted molar refractivity (Wildman–Crippen MR) is 57.2 cm³/mol. The molecule has 0 fully saturated rings. The molecule has 1 aromatic rings. The number of carboxylic acid groups (broad SMARTS) is 1. The topological polar surface area (TPSA) is 69.6 Å². The van der Waals surface area contributed by atoms with Crippen molar-refractivity contribution in [2.45, 2.75) is 6.54 Å². The quantitative estimate of drug-likeness (QED) is 0.817. The number of amides is 2. The van der Waals surface area contributed by atoms with Crippen molar-refractivity contribution in [3.63, 3.8) is 0 Å². The number of nitrogens with zero attached hydrogens (tertiary/aromatic N) is 1. The summed E-state index contributed by atoms with van der Waals surface area (Å²) in [6.07, 6.45) is 0. The van der Waals surface area contributed by atoms with Gasteiger partial charge in [-0.15, -0.1) is 11.3 Å². The van der Waals surface area contributed by atoms with E-state index < -0.39 is 5.97 Å². The second-order valence-electron chi connectivity index (χ2n) is 3.12. The van der Waals surface area contributed by atoms with Crippen LogP contribution >= 0.6 is 11.3 Å². The third-order valence-corrected chi connectivity index (χ3v) is 2.77. The van der Waals surface area contributed by atoms with Crippen LogP contribution in [0.5, 0.6) is 0 Å². The van der Waals surface area contributed by atoms with E-state index in [2.05, 4.69) is 5.32 Å². The minimum absolute atomic E-state index is 0.194. The molecule has 82 valence electrons. The van der Waals surface area contributed by atoms with Crippen molar-refractivity contribution in [1.29, 1.82) is 0 Å². The molecule has 0 unspecified atom stereocenters. The van der Waals surface area contributed by atoms with Crippen LogP contribution in [0.3, 0.4) is 0 Å². The maximum atomic E-state index is 11.2. The van der Waals surface area contributed by atoms with Gasteiger partial charge >= 0.3 is 12.0 Å². The zero-order chi connectivity index (χ0) is 11.4. The van der Waals surface area contributed by atoms with E-state index >= 15 is 0 Å². The van der Waals surface area contributed by atoms with Crippen LogP contribution in [0.15, 0.2) is 12.1 Å². The molecule has 1 heterocycles. The van der Waals surface area contributed by atoms with Crippen LogP contribution in [-0.4, -0.2) is 36.1 Å². The van der Waals surface area contributed by atoms with E-state index in [1.807, 2.05) is 0 Å². The van der Waals surface area contributed by atoms with Crippen LogP contribution in [0.1, 0.15) is 14.5 Å². The van der Waals surface area contributed by atoms with Crippen molar-refractivity contribution in [2.24, 2.45) is 0 Å². The molecule has 0 saturated heterocycles. The Morgan fingerprint density at radius 3 is 2.60 bits per heavy atom. The normalized spacial score (nSPS) is 9.73. The lowest BCUT2D eigenvalue weighted by atomic mass is 10.4. The van der Waals surface area contributed by atoms with E-state index in [4.69, 9.17) is 5.11 Å². The third-order valence-electron chi connectivity index (χ3n) is 1.69. The summed E-state index contributed by atoms with van der Waals surface area (Å²) < 4.78 is 0. The van der Waals surface area contributed by atoms with E-state index in [1.165, 1.54) is 11.0 Å². The largest absolute Gasteiger partial charge is 0.477 e. The number of rotatable bonds is 3. The molecule has 0 aliphatic carbocycles. The summed E-state index contributed by atoms with van der Waals surface area (Å²) in [5.74, 6) is -0.940. The molecule has 0 aromatic carbocycles. The van der Waals surface area contributed by atoms with Gasteiger partial charge in [0.15, 0.2) is 0 Å². The van der Waals surface area contributed by atoms with Crippen molar-refractivity contribution in [1.82, 2.24) is 10.2 Å². The predicted octanol–water partition coefficient (Wildman–Crippen LogP) is 1.22. The smallest absolute Gasteiger partial charge is 0.345 e. The highest BCUT2D eigenvalue weighted by Crippen LogP contribution is 2.15. The van der Waals surface area contributed by atoms with Crippen LogP contribution < -0.4 is 5.32 Å². The number of aromatic carboxylic acids is 1. The highest BCUT2D eigenvalue weighted by Gasteiger charge is 2.08. The Kier molecular flexibility index (Phi) is 3.68. The average molecular weight is 228 g/mol. The van der Waals surface area contributed by atoms with Crippen LogP contribution in [0, 0.1) is 0 Å². The highest BCUT2D eigenvalue weighted by molar-refractivity contribution is 7.13. The van der Waals surface area contributed by atoms with Crippen molar-refractivity contribution in [3.05, 3.63) is 21.9 Å². The van der Waals surface area contributed by atoms with Gasteiger partial charge < -0.3 is 15.3 Å². The fraction of sp³-hybridized carbons (Fsp3) is 0.333. The van der Waals surface area contributed by atoms with Crippen molar-refractivity contribution in [3.8, 4) is 0 Å².